The lowest BCUT2D eigenvalue weighted by Gasteiger charge is -2.11. The summed E-state index contributed by atoms with van der Waals surface area (Å²) in [6.07, 6.45) is 0. The van der Waals surface area contributed by atoms with Gasteiger partial charge in [0.05, 0.1) is 5.02 Å². The first-order valence-corrected chi connectivity index (χ1v) is 7.31. The van der Waals surface area contributed by atoms with Crippen molar-refractivity contribution in [2.45, 2.75) is 0 Å². The van der Waals surface area contributed by atoms with Crippen molar-refractivity contribution in [2.24, 2.45) is 0 Å². The Morgan fingerprint density at radius 3 is 2.52 bits per heavy atom. The normalized spacial score (nSPS) is 10.5. The van der Waals surface area contributed by atoms with Crippen molar-refractivity contribution in [2.75, 3.05) is 18.5 Å². The molecule has 1 N–H and O–H groups in total. The van der Waals surface area contributed by atoms with Gasteiger partial charge in [-0.2, -0.15) is 0 Å². The smallest absolute Gasteiger partial charge is 0.137 e. The van der Waals surface area contributed by atoms with Crippen LogP contribution in [0.15, 0.2) is 66.7 Å². The van der Waals surface area contributed by atoms with E-state index in [0.29, 0.717) is 11.6 Å². The second-order valence-corrected chi connectivity index (χ2v) is 5.14. The first kappa shape index (κ1) is 13.8. The Hall–Kier alpha value is -2.19. The molecule has 0 bridgehead atoms. The standard InChI is InChI=1S/C18H16ClNO/c19-16-9-3-4-11-18(16)21-13-12-20-17-10-5-7-14-6-1-2-8-15(14)17/h1-11,20H,12-13H2. The van der Waals surface area contributed by atoms with Crippen LogP contribution in [0.1, 0.15) is 0 Å². The van der Waals surface area contributed by atoms with Gasteiger partial charge in [0.25, 0.3) is 0 Å². The van der Waals surface area contributed by atoms with Gasteiger partial charge in [0.15, 0.2) is 0 Å². The van der Waals surface area contributed by atoms with Crippen molar-refractivity contribution in [3.63, 3.8) is 0 Å². The molecular weight excluding hydrogens is 282 g/mol. The molecule has 0 amide bonds. The van der Waals surface area contributed by atoms with Gasteiger partial charge < -0.3 is 10.1 Å². The Labute approximate surface area is 129 Å². The van der Waals surface area contributed by atoms with E-state index in [9.17, 15) is 0 Å². The van der Waals surface area contributed by atoms with Crippen LogP contribution < -0.4 is 10.1 Å². The SMILES string of the molecule is Clc1ccccc1OCCNc1cccc2ccccc12. The van der Waals surface area contributed by atoms with E-state index < -0.39 is 0 Å². The lowest BCUT2D eigenvalue weighted by molar-refractivity contribution is 0.333. The van der Waals surface area contributed by atoms with E-state index in [1.54, 1.807) is 0 Å². The lowest BCUT2D eigenvalue weighted by Crippen LogP contribution is -2.11. The molecule has 0 aliphatic carbocycles. The van der Waals surface area contributed by atoms with E-state index in [1.165, 1.54) is 10.8 Å². The van der Waals surface area contributed by atoms with Gasteiger partial charge in [0.1, 0.15) is 12.4 Å². The third-order valence-corrected chi connectivity index (χ3v) is 3.61. The van der Waals surface area contributed by atoms with Crippen molar-refractivity contribution in [3.8, 4) is 5.75 Å². The van der Waals surface area contributed by atoms with Crippen molar-refractivity contribution in [1.29, 1.82) is 0 Å². The maximum absolute atomic E-state index is 6.05. The van der Waals surface area contributed by atoms with E-state index in [2.05, 4.69) is 35.6 Å². The topological polar surface area (TPSA) is 21.3 Å². The summed E-state index contributed by atoms with van der Waals surface area (Å²) in [4.78, 5) is 0. The van der Waals surface area contributed by atoms with Gasteiger partial charge in [0, 0.05) is 17.6 Å². The molecular formula is C18H16ClNO. The average molecular weight is 298 g/mol. The van der Waals surface area contributed by atoms with Crippen LogP contribution in [0.25, 0.3) is 10.8 Å². The van der Waals surface area contributed by atoms with Crippen LogP contribution in [0, 0.1) is 0 Å². The minimum Gasteiger partial charge on any atom is -0.490 e. The first-order chi connectivity index (χ1) is 10.3. The molecule has 0 saturated heterocycles. The van der Waals surface area contributed by atoms with E-state index in [-0.39, 0.29) is 0 Å². The fraction of sp³-hybridized carbons (Fsp3) is 0.111. The molecule has 3 rings (SSSR count). The number of para-hydroxylation sites is 1. The quantitative estimate of drug-likeness (QED) is 0.670. The molecule has 0 aromatic heterocycles. The highest BCUT2D eigenvalue weighted by Crippen LogP contribution is 2.24. The largest absolute Gasteiger partial charge is 0.490 e. The third-order valence-electron chi connectivity index (χ3n) is 3.30. The summed E-state index contributed by atoms with van der Waals surface area (Å²) >= 11 is 6.05. The molecule has 3 aromatic rings. The molecule has 0 aliphatic rings. The molecule has 0 radical (unpaired) electrons. The highest BCUT2D eigenvalue weighted by Gasteiger charge is 2.01. The molecule has 21 heavy (non-hydrogen) atoms. The van der Waals surface area contributed by atoms with E-state index >= 15 is 0 Å². The van der Waals surface area contributed by atoms with Crippen molar-refractivity contribution < 1.29 is 4.74 Å². The van der Waals surface area contributed by atoms with Gasteiger partial charge in [-0.25, -0.2) is 0 Å². The van der Waals surface area contributed by atoms with Crippen LogP contribution in [-0.2, 0) is 0 Å². The number of anilines is 1. The van der Waals surface area contributed by atoms with E-state index in [4.69, 9.17) is 16.3 Å². The van der Waals surface area contributed by atoms with Crippen LogP contribution in [0.5, 0.6) is 5.75 Å². The molecule has 0 unspecified atom stereocenters. The Morgan fingerprint density at radius 2 is 1.62 bits per heavy atom. The van der Waals surface area contributed by atoms with Gasteiger partial charge in [-0.3, -0.25) is 0 Å². The van der Waals surface area contributed by atoms with Gasteiger partial charge in [-0.1, -0.05) is 60.1 Å². The monoisotopic (exact) mass is 297 g/mol. The maximum Gasteiger partial charge on any atom is 0.137 e. The van der Waals surface area contributed by atoms with Crippen molar-refractivity contribution in [1.82, 2.24) is 0 Å². The highest BCUT2D eigenvalue weighted by atomic mass is 35.5. The number of nitrogens with one attached hydrogen (secondary N) is 1. The van der Waals surface area contributed by atoms with Crippen LogP contribution in [0.3, 0.4) is 0 Å². The molecule has 3 aromatic carbocycles. The second-order valence-electron chi connectivity index (χ2n) is 4.73. The van der Waals surface area contributed by atoms with E-state index in [0.717, 1.165) is 18.0 Å². The highest BCUT2D eigenvalue weighted by molar-refractivity contribution is 6.32. The molecule has 3 heteroatoms. The Morgan fingerprint density at radius 1 is 0.857 bits per heavy atom. The summed E-state index contributed by atoms with van der Waals surface area (Å²) in [6.45, 7) is 1.28. The number of halogens is 1. The number of benzene rings is 3. The number of fused-ring (bicyclic) bond motifs is 1. The van der Waals surface area contributed by atoms with Crippen LogP contribution in [0.4, 0.5) is 5.69 Å². The summed E-state index contributed by atoms with van der Waals surface area (Å²) in [5, 5.41) is 6.50. The summed E-state index contributed by atoms with van der Waals surface area (Å²) in [6, 6.07) is 22.1. The third kappa shape index (κ3) is 3.29. The minimum absolute atomic E-state index is 0.562. The summed E-state index contributed by atoms with van der Waals surface area (Å²) in [7, 11) is 0. The van der Waals surface area contributed by atoms with Crippen LogP contribution >= 0.6 is 11.6 Å². The van der Waals surface area contributed by atoms with E-state index in [1.807, 2.05) is 36.4 Å². The number of hydrogen-bond donors (Lipinski definition) is 1. The zero-order chi connectivity index (χ0) is 14.5. The molecule has 0 aliphatic heterocycles. The fourth-order valence-corrected chi connectivity index (χ4v) is 2.48. The Kier molecular flexibility index (Phi) is 4.27. The summed E-state index contributed by atoms with van der Waals surface area (Å²) in [5.41, 5.74) is 1.12. The van der Waals surface area contributed by atoms with Gasteiger partial charge in [-0.15, -0.1) is 0 Å². The summed E-state index contributed by atoms with van der Waals surface area (Å²) < 4.78 is 5.68. The van der Waals surface area contributed by atoms with Crippen molar-refractivity contribution >= 4 is 28.1 Å². The zero-order valence-corrected chi connectivity index (χ0v) is 12.3. The van der Waals surface area contributed by atoms with Crippen LogP contribution in [-0.4, -0.2) is 13.2 Å². The van der Waals surface area contributed by atoms with Crippen LogP contribution in [0.2, 0.25) is 5.02 Å². The van der Waals surface area contributed by atoms with Crippen molar-refractivity contribution in [3.05, 3.63) is 71.8 Å². The fourth-order valence-electron chi connectivity index (χ4n) is 2.29. The number of hydrogen-bond acceptors (Lipinski definition) is 2. The summed E-state index contributed by atoms with van der Waals surface area (Å²) in [5.74, 6) is 0.721. The zero-order valence-electron chi connectivity index (χ0n) is 11.6. The maximum atomic E-state index is 6.05. The number of ether oxygens (including phenoxy) is 1. The molecule has 0 saturated carbocycles. The number of rotatable bonds is 5. The molecule has 0 spiro atoms. The Bertz CT molecular complexity index is 737. The average Bonchev–Trinajstić information content (AvgIpc) is 2.53. The Balaban J connectivity index is 1.61. The first-order valence-electron chi connectivity index (χ1n) is 6.93. The predicted molar refractivity (Wildman–Crippen MR) is 89.4 cm³/mol. The van der Waals surface area contributed by atoms with Gasteiger partial charge in [0.2, 0.25) is 0 Å². The predicted octanol–water partition coefficient (Wildman–Crippen LogP) is 4.98. The lowest BCUT2D eigenvalue weighted by atomic mass is 10.1. The molecule has 106 valence electrons. The molecule has 0 atom stereocenters. The molecule has 0 heterocycles. The molecule has 2 nitrogen and oxygen atoms in total. The van der Waals surface area contributed by atoms with Gasteiger partial charge in [-0.05, 0) is 23.6 Å². The molecule has 0 fully saturated rings. The van der Waals surface area contributed by atoms with Gasteiger partial charge >= 0.3 is 0 Å². The second kappa shape index (κ2) is 6.51. The minimum atomic E-state index is 0.562.